The Morgan fingerprint density at radius 3 is 2.96 bits per heavy atom. The number of nitrogens with zero attached hydrogens (tertiary/aromatic N) is 2. The van der Waals surface area contributed by atoms with E-state index in [9.17, 15) is 9.18 Å². The number of ether oxygens (including phenoxy) is 1. The van der Waals surface area contributed by atoms with Crippen LogP contribution < -0.4 is 5.32 Å². The van der Waals surface area contributed by atoms with Crippen LogP contribution in [0.3, 0.4) is 0 Å². The van der Waals surface area contributed by atoms with Gasteiger partial charge in [0.05, 0.1) is 18.8 Å². The van der Waals surface area contributed by atoms with E-state index in [2.05, 4.69) is 15.2 Å². The van der Waals surface area contributed by atoms with E-state index in [1.807, 2.05) is 6.92 Å². The summed E-state index contributed by atoms with van der Waals surface area (Å²) in [5.41, 5.74) is 0.714. The number of carbonyl (C=O) groups is 1. The van der Waals surface area contributed by atoms with E-state index in [4.69, 9.17) is 16.3 Å². The second-order valence-electron chi connectivity index (χ2n) is 6.25. The fourth-order valence-electron chi connectivity index (χ4n) is 3.15. The Hall–Kier alpha value is -2.02. The summed E-state index contributed by atoms with van der Waals surface area (Å²) in [4.78, 5) is 18.5. The molecule has 2 unspecified atom stereocenters. The number of aromatic nitrogens is 1. The third-order valence-corrected chi connectivity index (χ3v) is 4.73. The van der Waals surface area contributed by atoms with Gasteiger partial charge in [0.1, 0.15) is 11.5 Å². The van der Waals surface area contributed by atoms with Crippen LogP contribution in [-0.2, 0) is 4.74 Å². The van der Waals surface area contributed by atoms with Gasteiger partial charge in [0, 0.05) is 36.4 Å². The Morgan fingerprint density at radius 1 is 1.42 bits per heavy atom. The lowest BCUT2D eigenvalue weighted by Gasteiger charge is -2.38. The van der Waals surface area contributed by atoms with Gasteiger partial charge < -0.3 is 10.1 Å². The van der Waals surface area contributed by atoms with Gasteiger partial charge in [-0.05, 0) is 31.2 Å². The molecule has 7 heteroatoms. The molecule has 0 aliphatic carbocycles. The summed E-state index contributed by atoms with van der Waals surface area (Å²) in [7, 11) is 0. The number of amides is 1. The Kier molecular flexibility index (Phi) is 6.19. The summed E-state index contributed by atoms with van der Waals surface area (Å²) in [6.45, 7) is 4.02. The maximum atomic E-state index is 14.5. The van der Waals surface area contributed by atoms with Gasteiger partial charge in [-0.2, -0.15) is 0 Å². The molecule has 1 aromatic carbocycles. The first kappa shape index (κ1) is 18.8. The normalized spacial score (nSPS) is 19.1. The lowest BCUT2D eigenvalue weighted by Crippen LogP contribution is -2.47. The van der Waals surface area contributed by atoms with Crippen LogP contribution in [0.5, 0.6) is 0 Å². The Morgan fingerprint density at radius 2 is 2.27 bits per heavy atom. The lowest BCUT2D eigenvalue weighted by atomic mass is 10.0. The second kappa shape index (κ2) is 8.58. The molecule has 1 saturated heterocycles. The van der Waals surface area contributed by atoms with Gasteiger partial charge in [0.25, 0.3) is 5.91 Å². The van der Waals surface area contributed by atoms with Gasteiger partial charge in [-0.1, -0.05) is 23.7 Å². The van der Waals surface area contributed by atoms with E-state index < -0.39 is 0 Å². The first-order valence-electron chi connectivity index (χ1n) is 8.55. The van der Waals surface area contributed by atoms with Crippen LogP contribution in [0.4, 0.5) is 4.39 Å². The van der Waals surface area contributed by atoms with E-state index in [0.29, 0.717) is 36.0 Å². The molecule has 1 aromatic heterocycles. The van der Waals surface area contributed by atoms with Crippen molar-refractivity contribution in [1.82, 2.24) is 15.2 Å². The molecule has 2 heterocycles. The SMILES string of the molecule is CC1CN(C(CNC(=O)c2ccccn2)c2c(F)cccc2Cl)CCO1. The minimum Gasteiger partial charge on any atom is -0.376 e. The van der Waals surface area contributed by atoms with E-state index in [1.165, 1.54) is 6.07 Å². The number of pyridine rings is 1. The maximum absolute atomic E-state index is 14.5. The van der Waals surface area contributed by atoms with Crippen LogP contribution in [0.1, 0.15) is 29.0 Å². The fraction of sp³-hybridized carbons (Fsp3) is 0.368. The Balaban J connectivity index is 1.82. The predicted molar refractivity (Wildman–Crippen MR) is 97.7 cm³/mol. The molecular weight excluding hydrogens is 357 g/mol. The van der Waals surface area contributed by atoms with Gasteiger partial charge in [0.2, 0.25) is 0 Å². The van der Waals surface area contributed by atoms with Gasteiger partial charge >= 0.3 is 0 Å². The number of carbonyl (C=O) groups excluding carboxylic acids is 1. The number of rotatable bonds is 5. The zero-order chi connectivity index (χ0) is 18.5. The van der Waals surface area contributed by atoms with E-state index in [0.717, 1.165) is 0 Å². The van der Waals surface area contributed by atoms with E-state index in [-0.39, 0.29) is 30.4 Å². The summed E-state index contributed by atoms with van der Waals surface area (Å²) >= 11 is 6.29. The topological polar surface area (TPSA) is 54.5 Å². The van der Waals surface area contributed by atoms with Crippen molar-refractivity contribution in [2.45, 2.75) is 19.1 Å². The molecule has 0 bridgehead atoms. The maximum Gasteiger partial charge on any atom is 0.269 e. The molecule has 0 saturated carbocycles. The zero-order valence-corrected chi connectivity index (χ0v) is 15.2. The second-order valence-corrected chi connectivity index (χ2v) is 6.66. The Labute approximate surface area is 157 Å². The third kappa shape index (κ3) is 4.38. The minimum absolute atomic E-state index is 0.0308. The van der Waals surface area contributed by atoms with E-state index >= 15 is 0 Å². The molecular formula is C19H21ClFN3O2. The van der Waals surface area contributed by atoms with Crippen LogP contribution in [0.25, 0.3) is 0 Å². The molecule has 2 aromatic rings. The molecule has 0 spiro atoms. The number of benzene rings is 1. The average Bonchev–Trinajstić information content (AvgIpc) is 2.64. The van der Waals surface area contributed by atoms with Crippen LogP contribution >= 0.6 is 11.6 Å². The molecule has 1 N–H and O–H groups in total. The lowest BCUT2D eigenvalue weighted by molar-refractivity contribution is -0.0346. The number of hydrogen-bond donors (Lipinski definition) is 1. The predicted octanol–water partition coefficient (Wildman–Crippen LogP) is 3.07. The van der Waals surface area contributed by atoms with Crippen LogP contribution in [0, 0.1) is 5.82 Å². The molecule has 0 radical (unpaired) electrons. The van der Waals surface area contributed by atoms with Crippen LogP contribution in [0.2, 0.25) is 5.02 Å². The molecule has 3 rings (SSSR count). The largest absolute Gasteiger partial charge is 0.376 e. The molecule has 5 nitrogen and oxygen atoms in total. The standard InChI is InChI=1S/C19H21ClFN3O2/c1-13-12-24(9-10-26-13)17(18-14(20)5-4-6-15(18)21)11-23-19(25)16-7-2-3-8-22-16/h2-8,13,17H,9-12H2,1H3,(H,23,25). The molecule has 1 aliphatic heterocycles. The fourth-order valence-corrected chi connectivity index (χ4v) is 3.44. The summed E-state index contributed by atoms with van der Waals surface area (Å²) in [6.07, 6.45) is 1.59. The molecule has 1 fully saturated rings. The molecule has 1 amide bonds. The van der Waals surface area contributed by atoms with Gasteiger partial charge in [-0.15, -0.1) is 0 Å². The highest BCUT2D eigenvalue weighted by atomic mass is 35.5. The third-order valence-electron chi connectivity index (χ3n) is 4.40. The summed E-state index contributed by atoms with van der Waals surface area (Å²) in [5.74, 6) is -0.682. The quantitative estimate of drug-likeness (QED) is 0.870. The highest BCUT2D eigenvalue weighted by Gasteiger charge is 2.29. The zero-order valence-electron chi connectivity index (χ0n) is 14.5. The van der Waals surface area contributed by atoms with Crippen molar-refractivity contribution in [2.24, 2.45) is 0 Å². The van der Waals surface area contributed by atoms with Gasteiger partial charge in [0.15, 0.2) is 0 Å². The monoisotopic (exact) mass is 377 g/mol. The molecule has 138 valence electrons. The minimum atomic E-state index is -0.386. The number of halogens is 2. The van der Waals surface area contributed by atoms with Crippen molar-refractivity contribution in [3.63, 3.8) is 0 Å². The average molecular weight is 378 g/mol. The number of morpholine rings is 1. The summed E-state index contributed by atoms with van der Waals surface area (Å²) in [5, 5.41) is 3.20. The number of hydrogen-bond acceptors (Lipinski definition) is 4. The van der Waals surface area contributed by atoms with Crippen molar-refractivity contribution < 1.29 is 13.9 Å². The van der Waals surface area contributed by atoms with Crippen LogP contribution in [-0.4, -0.2) is 48.1 Å². The molecule has 2 atom stereocenters. The molecule has 26 heavy (non-hydrogen) atoms. The first-order valence-corrected chi connectivity index (χ1v) is 8.93. The summed E-state index contributed by atoms with van der Waals surface area (Å²) in [6, 6.07) is 9.37. The molecule has 1 aliphatic rings. The van der Waals surface area contributed by atoms with Crippen molar-refractivity contribution in [2.75, 3.05) is 26.2 Å². The highest BCUT2D eigenvalue weighted by Crippen LogP contribution is 2.31. The summed E-state index contributed by atoms with van der Waals surface area (Å²) < 4.78 is 20.1. The van der Waals surface area contributed by atoms with Crippen LogP contribution in [0.15, 0.2) is 42.6 Å². The van der Waals surface area contributed by atoms with Crippen molar-refractivity contribution in [3.05, 3.63) is 64.7 Å². The number of nitrogens with one attached hydrogen (secondary N) is 1. The van der Waals surface area contributed by atoms with Gasteiger partial charge in [-0.25, -0.2) is 4.39 Å². The highest BCUT2D eigenvalue weighted by molar-refractivity contribution is 6.31. The first-order chi connectivity index (χ1) is 12.6. The Bertz CT molecular complexity index is 739. The van der Waals surface area contributed by atoms with Gasteiger partial charge in [-0.3, -0.25) is 14.7 Å². The van der Waals surface area contributed by atoms with Crippen molar-refractivity contribution in [3.8, 4) is 0 Å². The van der Waals surface area contributed by atoms with Crippen molar-refractivity contribution >= 4 is 17.5 Å². The van der Waals surface area contributed by atoms with E-state index in [1.54, 1.807) is 36.5 Å². The smallest absolute Gasteiger partial charge is 0.269 e. The van der Waals surface area contributed by atoms with Crippen molar-refractivity contribution in [1.29, 1.82) is 0 Å².